The monoisotopic (exact) mass is 520 g/mol. The van der Waals surface area contributed by atoms with Crippen molar-refractivity contribution in [3.63, 3.8) is 0 Å². The lowest BCUT2D eigenvalue weighted by molar-refractivity contribution is 0.508. The molecule has 8 heteroatoms. The molecule has 3 rings (SSSR count). The van der Waals surface area contributed by atoms with E-state index in [0.29, 0.717) is 5.92 Å². The standard InChI is InChI=1S/C20H26F2N4S.HI/c1-3-16-5-6-17(27-16)12-25-20(23-2)24-11-14-8-9-26(13-14)15-4-7-18(21)19(22)10-15;/h4-7,10,14H,3,8-9,11-13H2,1-2H3,(H2,23,24,25);1H. The SMILES string of the molecule is CCc1ccc(CNC(=NC)NCC2CCN(c3ccc(F)c(F)c3)C2)s1.I. The maximum Gasteiger partial charge on any atom is 0.191 e. The molecule has 2 N–H and O–H groups in total. The Bertz CT molecular complexity index is 796. The summed E-state index contributed by atoms with van der Waals surface area (Å²) in [6.45, 7) is 5.38. The molecule has 28 heavy (non-hydrogen) atoms. The Morgan fingerprint density at radius 2 is 1.96 bits per heavy atom. The minimum atomic E-state index is -0.803. The molecule has 154 valence electrons. The molecule has 1 unspecified atom stereocenters. The number of benzene rings is 1. The summed E-state index contributed by atoms with van der Waals surface area (Å²) >= 11 is 1.82. The van der Waals surface area contributed by atoms with E-state index in [1.165, 1.54) is 21.9 Å². The number of rotatable bonds is 6. The highest BCUT2D eigenvalue weighted by Gasteiger charge is 2.23. The molecule has 0 bridgehead atoms. The molecule has 1 aromatic carbocycles. The predicted octanol–water partition coefficient (Wildman–Crippen LogP) is 4.40. The fourth-order valence-corrected chi connectivity index (χ4v) is 4.15. The molecule has 4 nitrogen and oxygen atoms in total. The van der Waals surface area contributed by atoms with Crippen LogP contribution in [0, 0.1) is 17.6 Å². The van der Waals surface area contributed by atoms with Gasteiger partial charge in [0.25, 0.3) is 0 Å². The minimum absolute atomic E-state index is 0. The lowest BCUT2D eigenvalue weighted by Gasteiger charge is -2.19. The van der Waals surface area contributed by atoms with E-state index in [0.717, 1.165) is 50.7 Å². The highest BCUT2D eigenvalue weighted by atomic mass is 127. The first-order chi connectivity index (χ1) is 13.1. The first-order valence-electron chi connectivity index (χ1n) is 9.31. The van der Waals surface area contributed by atoms with Crippen molar-refractivity contribution in [2.24, 2.45) is 10.9 Å². The zero-order valence-corrected chi connectivity index (χ0v) is 19.3. The molecular formula is C20H27F2IN4S. The Kier molecular flexibility index (Phi) is 8.94. The first-order valence-corrected chi connectivity index (χ1v) is 10.1. The van der Waals surface area contributed by atoms with Crippen molar-refractivity contribution < 1.29 is 8.78 Å². The minimum Gasteiger partial charge on any atom is -0.371 e. The zero-order valence-electron chi connectivity index (χ0n) is 16.2. The summed E-state index contributed by atoms with van der Waals surface area (Å²) in [5.74, 6) is -0.376. The van der Waals surface area contributed by atoms with Crippen molar-refractivity contribution in [1.29, 1.82) is 0 Å². The molecule has 0 aliphatic carbocycles. The van der Waals surface area contributed by atoms with Crippen LogP contribution >= 0.6 is 35.3 Å². The molecule has 2 heterocycles. The highest BCUT2D eigenvalue weighted by molar-refractivity contribution is 14.0. The quantitative estimate of drug-likeness (QED) is 0.337. The lowest BCUT2D eigenvalue weighted by Crippen LogP contribution is -2.39. The maximum absolute atomic E-state index is 13.4. The Balaban J connectivity index is 0.00000280. The van der Waals surface area contributed by atoms with Gasteiger partial charge in [-0.2, -0.15) is 0 Å². The van der Waals surface area contributed by atoms with Crippen molar-refractivity contribution in [2.45, 2.75) is 26.3 Å². The van der Waals surface area contributed by atoms with Crippen LogP contribution in [0.25, 0.3) is 0 Å². The Morgan fingerprint density at radius 1 is 1.18 bits per heavy atom. The predicted molar refractivity (Wildman–Crippen MR) is 124 cm³/mol. The maximum atomic E-state index is 13.4. The summed E-state index contributed by atoms with van der Waals surface area (Å²) in [6.07, 6.45) is 2.07. The molecular weight excluding hydrogens is 493 g/mol. The third-order valence-electron chi connectivity index (χ3n) is 4.83. The van der Waals surface area contributed by atoms with Crippen LogP contribution in [0.4, 0.5) is 14.5 Å². The van der Waals surface area contributed by atoms with Crippen LogP contribution in [0.5, 0.6) is 0 Å². The first kappa shape index (κ1) is 22.9. The second-order valence-electron chi connectivity index (χ2n) is 6.73. The fourth-order valence-electron chi connectivity index (χ4n) is 3.26. The fraction of sp³-hybridized carbons (Fsp3) is 0.450. The second kappa shape index (κ2) is 10.9. The van der Waals surface area contributed by atoms with Crippen molar-refractivity contribution in [3.8, 4) is 0 Å². The summed E-state index contributed by atoms with van der Waals surface area (Å²) in [5.41, 5.74) is 0.739. The van der Waals surface area contributed by atoms with Crippen LogP contribution in [0.3, 0.4) is 0 Å². The van der Waals surface area contributed by atoms with Crippen LogP contribution < -0.4 is 15.5 Å². The van der Waals surface area contributed by atoms with Gasteiger partial charge in [0.1, 0.15) is 0 Å². The average molecular weight is 520 g/mol. The Hall–Kier alpha value is -1.42. The zero-order chi connectivity index (χ0) is 19.2. The summed E-state index contributed by atoms with van der Waals surface area (Å²) in [4.78, 5) is 9.06. The van der Waals surface area contributed by atoms with Crippen LogP contribution in [0.2, 0.25) is 0 Å². The van der Waals surface area contributed by atoms with Crippen molar-refractivity contribution in [2.75, 3.05) is 31.6 Å². The summed E-state index contributed by atoms with van der Waals surface area (Å²) in [5, 5.41) is 6.73. The van der Waals surface area contributed by atoms with Crippen LogP contribution in [0.1, 0.15) is 23.1 Å². The average Bonchev–Trinajstić information content (AvgIpc) is 3.33. The molecule has 0 amide bonds. The van der Waals surface area contributed by atoms with Crippen molar-refractivity contribution in [1.82, 2.24) is 10.6 Å². The Morgan fingerprint density at radius 3 is 2.64 bits per heavy atom. The van der Waals surface area contributed by atoms with Gasteiger partial charge in [-0.1, -0.05) is 6.92 Å². The molecule has 1 atom stereocenters. The number of hydrogen-bond acceptors (Lipinski definition) is 3. The van der Waals surface area contributed by atoms with Crippen molar-refractivity contribution in [3.05, 3.63) is 51.7 Å². The van der Waals surface area contributed by atoms with E-state index in [2.05, 4.69) is 39.6 Å². The van der Waals surface area contributed by atoms with Gasteiger partial charge in [-0.3, -0.25) is 4.99 Å². The van der Waals surface area contributed by atoms with E-state index in [1.54, 1.807) is 13.1 Å². The molecule has 0 spiro atoms. The number of aryl methyl sites for hydroxylation is 1. The number of guanidine groups is 1. The number of aliphatic imine (C=N–C) groups is 1. The van der Waals surface area contributed by atoms with Gasteiger partial charge in [-0.05, 0) is 43.0 Å². The summed E-state index contributed by atoms with van der Waals surface area (Å²) < 4.78 is 26.5. The largest absolute Gasteiger partial charge is 0.371 e. The van der Waals surface area contributed by atoms with Gasteiger partial charge in [0, 0.05) is 48.2 Å². The van der Waals surface area contributed by atoms with Gasteiger partial charge in [0.05, 0.1) is 6.54 Å². The number of halogens is 3. The van der Waals surface area contributed by atoms with Crippen LogP contribution in [-0.2, 0) is 13.0 Å². The van der Waals surface area contributed by atoms with E-state index in [4.69, 9.17) is 0 Å². The highest BCUT2D eigenvalue weighted by Crippen LogP contribution is 2.25. The van der Waals surface area contributed by atoms with Crippen LogP contribution in [-0.4, -0.2) is 32.6 Å². The van der Waals surface area contributed by atoms with Gasteiger partial charge in [-0.15, -0.1) is 35.3 Å². The molecule has 0 saturated carbocycles. The molecule has 1 aromatic heterocycles. The number of nitrogens with one attached hydrogen (secondary N) is 2. The second-order valence-corrected chi connectivity index (χ2v) is 7.98. The van der Waals surface area contributed by atoms with Gasteiger partial charge < -0.3 is 15.5 Å². The molecule has 1 saturated heterocycles. The number of thiophene rings is 1. The number of hydrogen-bond donors (Lipinski definition) is 2. The normalized spacial score (nSPS) is 16.8. The molecule has 1 aliphatic rings. The molecule has 1 aliphatic heterocycles. The Labute approximate surface area is 186 Å². The van der Waals surface area contributed by atoms with Gasteiger partial charge in [0.2, 0.25) is 0 Å². The lowest BCUT2D eigenvalue weighted by atomic mass is 10.1. The van der Waals surface area contributed by atoms with Gasteiger partial charge in [0.15, 0.2) is 17.6 Å². The number of anilines is 1. The van der Waals surface area contributed by atoms with Gasteiger partial charge in [-0.25, -0.2) is 8.78 Å². The van der Waals surface area contributed by atoms with E-state index in [9.17, 15) is 8.78 Å². The molecule has 2 aromatic rings. The van der Waals surface area contributed by atoms with E-state index >= 15 is 0 Å². The van der Waals surface area contributed by atoms with Crippen molar-refractivity contribution >= 4 is 47.0 Å². The summed E-state index contributed by atoms with van der Waals surface area (Å²) in [6, 6.07) is 8.43. The number of nitrogens with zero attached hydrogens (tertiary/aromatic N) is 2. The van der Waals surface area contributed by atoms with Crippen LogP contribution in [0.15, 0.2) is 35.3 Å². The third-order valence-corrected chi connectivity index (χ3v) is 6.06. The van der Waals surface area contributed by atoms with E-state index < -0.39 is 11.6 Å². The summed E-state index contributed by atoms with van der Waals surface area (Å²) in [7, 11) is 1.77. The molecule has 1 fully saturated rings. The topological polar surface area (TPSA) is 39.7 Å². The van der Waals surface area contributed by atoms with E-state index in [-0.39, 0.29) is 24.0 Å². The third kappa shape index (κ3) is 6.04. The molecule has 0 radical (unpaired) electrons. The smallest absolute Gasteiger partial charge is 0.191 e. The van der Waals surface area contributed by atoms with E-state index in [1.807, 2.05) is 11.3 Å². The van der Waals surface area contributed by atoms with Gasteiger partial charge >= 0.3 is 0 Å².